The van der Waals surface area contributed by atoms with Gasteiger partial charge in [0, 0.05) is 37.9 Å². The highest BCUT2D eigenvalue weighted by molar-refractivity contribution is 6.30. The quantitative estimate of drug-likeness (QED) is 0.389. The zero-order valence-electron chi connectivity index (χ0n) is 23.8. The van der Waals surface area contributed by atoms with Gasteiger partial charge in [-0.15, -0.1) is 10.2 Å². The summed E-state index contributed by atoms with van der Waals surface area (Å²) in [6.07, 6.45) is 1.75. The van der Waals surface area contributed by atoms with E-state index in [9.17, 15) is 19.2 Å². The average molecular weight is 594 g/mol. The first-order valence-electron chi connectivity index (χ1n) is 13.4. The number of nitrogens with zero attached hydrogens (tertiary/aromatic N) is 5. The van der Waals surface area contributed by atoms with Crippen LogP contribution in [0.2, 0.25) is 5.02 Å². The second kappa shape index (κ2) is 12.9. The van der Waals surface area contributed by atoms with Gasteiger partial charge in [-0.1, -0.05) is 11.6 Å². The van der Waals surface area contributed by atoms with Crippen molar-refractivity contribution in [3.05, 3.63) is 70.5 Å². The molecule has 3 aromatic rings. The van der Waals surface area contributed by atoms with Crippen LogP contribution >= 0.6 is 11.6 Å². The molecule has 0 atom stereocenters. The first-order chi connectivity index (χ1) is 19.9. The van der Waals surface area contributed by atoms with Crippen molar-refractivity contribution in [3.8, 4) is 0 Å². The molecule has 220 valence electrons. The smallest absolute Gasteiger partial charge is 0.410 e. The third-order valence-electron chi connectivity index (χ3n) is 6.24. The van der Waals surface area contributed by atoms with Crippen LogP contribution in [-0.2, 0) is 4.74 Å². The summed E-state index contributed by atoms with van der Waals surface area (Å²) < 4.78 is 5.49. The van der Waals surface area contributed by atoms with E-state index >= 15 is 0 Å². The van der Waals surface area contributed by atoms with Gasteiger partial charge in [-0.3, -0.25) is 14.4 Å². The number of hydrogen-bond acceptors (Lipinski definition) is 9. The molecule has 4 rings (SSSR count). The van der Waals surface area contributed by atoms with Gasteiger partial charge < -0.3 is 25.2 Å². The van der Waals surface area contributed by atoms with E-state index in [1.165, 1.54) is 43.5 Å². The molecule has 42 heavy (non-hydrogen) atoms. The van der Waals surface area contributed by atoms with Crippen molar-refractivity contribution in [2.75, 3.05) is 41.7 Å². The number of Topliss-reactive ketones (excluding diaryl/α,β-unsaturated/α-hetero) is 1. The fourth-order valence-corrected chi connectivity index (χ4v) is 4.26. The number of carbonyl (C=O) groups excluding carboxylic acids is 4. The number of rotatable bonds is 6. The molecule has 0 aliphatic carbocycles. The van der Waals surface area contributed by atoms with Gasteiger partial charge >= 0.3 is 6.09 Å². The molecule has 3 heterocycles. The zero-order chi connectivity index (χ0) is 30.4. The molecule has 0 radical (unpaired) electrons. The van der Waals surface area contributed by atoms with Gasteiger partial charge in [-0.05, 0) is 76.6 Å². The lowest BCUT2D eigenvalue weighted by molar-refractivity contribution is 0.0263. The Kier molecular flexibility index (Phi) is 9.36. The van der Waals surface area contributed by atoms with Crippen LogP contribution in [0.3, 0.4) is 0 Å². The van der Waals surface area contributed by atoms with Gasteiger partial charge in [-0.25, -0.2) is 9.78 Å². The number of hydrogen-bond donors (Lipinski definition) is 2. The van der Waals surface area contributed by atoms with Crippen molar-refractivity contribution in [2.24, 2.45) is 0 Å². The van der Waals surface area contributed by atoms with E-state index in [1.54, 1.807) is 17.0 Å². The fraction of sp³-hybridized carbons (Fsp3) is 0.345. The van der Waals surface area contributed by atoms with Crippen molar-refractivity contribution < 1.29 is 23.9 Å². The standard InChI is InChI=1S/C29H32ClN7O5/c1-18(38)19-6-8-22(21(16-19)26(39)33-24-10-7-20(30)17-31-24)32-27(40)23-9-11-25(35-34-23)36-12-5-13-37(15-14-36)28(41)42-29(2,3)4/h6-11,16-17H,5,12-15H2,1-4H3,(H,32,40)(H,31,33,39). The molecule has 12 nitrogen and oxygen atoms in total. The third kappa shape index (κ3) is 8.00. The van der Waals surface area contributed by atoms with Gasteiger partial charge in [-0.2, -0.15) is 0 Å². The summed E-state index contributed by atoms with van der Waals surface area (Å²) in [5.41, 5.74) is 0.00626. The maximum absolute atomic E-state index is 13.1. The number of carbonyl (C=O) groups is 4. The summed E-state index contributed by atoms with van der Waals surface area (Å²) in [6, 6.07) is 10.7. The van der Waals surface area contributed by atoms with Crippen LogP contribution in [0.25, 0.3) is 0 Å². The topological polar surface area (TPSA) is 147 Å². The molecule has 0 saturated carbocycles. The Labute approximate surface area is 248 Å². The predicted molar refractivity (Wildman–Crippen MR) is 158 cm³/mol. The zero-order valence-corrected chi connectivity index (χ0v) is 24.6. The average Bonchev–Trinajstić information content (AvgIpc) is 3.20. The van der Waals surface area contributed by atoms with E-state index in [0.29, 0.717) is 42.6 Å². The second-order valence-electron chi connectivity index (χ2n) is 10.7. The van der Waals surface area contributed by atoms with E-state index in [0.717, 1.165) is 6.42 Å². The summed E-state index contributed by atoms with van der Waals surface area (Å²) in [5, 5.41) is 14.1. The molecule has 1 aromatic carbocycles. The Morgan fingerprint density at radius 3 is 2.33 bits per heavy atom. The van der Waals surface area contributed by atoms with E-state index in [2.05, 4.69) is 25.8 Å². The highest BCUT2D eigenvalue weighted by Gasteiger charge is 2.25. The highest BCUT2D eigenvalue weighted by atomic mass is 35.5. The van der Waals surface area contributed by atoms with Crippen molar-refractivity contribution in [1.29, 1.82) is 0 Å². The predicted octanol–water partition coefficient (Wildman–Crippen LogP) is 4.68. The summed E-state index contributed by atoms with van der Waals surface area (Å²) in [6.45, 7) is 9.09. The molecule has 3 amide bonds. The number of halogens is 1. The van der Waals surface area contributed by atoms with E-state index in [1.807, 2.05) is 25.7 Å². The Balaban J connectivity index is 1.45. The number of aromatic nitrogens is 3. The maximum atomic E-state index is 13.1. The molecule has 13 heteroatoms. The first-order valence-corrected chi connectivity index (χ1v) is 13.7. The first kappa shape index (κ1) is 30.4. The number of anilines is 3. The molecule has 1 fully saturated rings. The highest BCUT2D eigenvalue weighted by Crippen LogP contribution is 2.22. The molecular formula is C29H32ClN7O5. The van der Waals surface area contributed by atoms with E-state index in [4.69, 9.17) is 16.3 Å². The van der Waals surface area contributed by atoms with Gasteiger partial charge in [0.15, 0.2) is 17.3 Å². The molecule has 2 aromatic heterocycles. The van der Waals surface area contributed by atoms with Crippen LogP contribution < -0.4 is 15.5 Å². The summed E-state index contributed by atoms with van der Waals surface area (Å²) in [7, 11) is 0. The minimum Gasteiger partial charge on any atom is -0.444 e. The van der Waals surface area contributed by atoms with Crippen LogP contribution in [0, 0.1) is 0 Å². The normalized spacial score (nSPS) is 13.6. The fourth-order valence-electron chi connectivity index (χ4n) is 4.15. The van der Waals surface area contributed by atoms with Gasteiger partial charge in [0.1, 0.15) is 11.4 Å². The molecule has 2 N–H and O–H groups in total. The lowest BCUT2D eigenvalue weighted by atomic mass is 10.0. The van der Waals surface area contributed by atoms with Crippen LogP contribution in [0.1, 0.15) is 65.3 Å². The Morgan fingerprint density at radius 1 is 0.905 bits per heavy atom. The maximum Gasteiger partial charge on any atom is 0.410 e. The van der Waals surface area contributed by atoms with Crippen LogP contribution in [0.4, 0.5) is 22.1 Å². The molecule has 0 bridgehead atoms. The lowest BCUT2D eigenvalue weighted by Crippen LogP contribution is -2.39. The summed E-state index contributed by atoms with van der Waals surface area (Å²) >= 11 is 5.87. The number of ketones is 1. The Morgan fingerprint density at radius 2 is 1.69 bits per heavy atom. The van der Waals surface area contributed by atoms with Crippen LogP contribution in [0.15, 0.2) is 48.7 Å². The van der Waals surface area contributed by atoms with Gasteiger partial charge in [0.25, 0.3) is 11.8 Å². The number of nitrogens with one attached hydrogen (secondary N) is 2. The second-order valence-corrected chi connectivity index (χ2v) is 11.1. The lowest BCUT2D eigenvalue weighted by Gasteiger charge is -2.26. The Bertz CT molecular complexity index is 1470. The van der Waals surface area contributed by atoms with Gasteiger partial charge in [0.2, 0.25) is 0 Å². The van der Waals surface area contributed by atoms with Crippen molar-refractivity contribution >= 4 is 52.6 Å². The van der Waals surface area contributed by atoms with Crippen molar-refractivity contribution in [2.45, 2.75) is 39.7 Å². The molecule has 1 aliphatic heterocycles. The largest absolute Gasteiger partial charge is 0.444 e. The van der Waals surface area contributed by atoms with Gasteiger partial charge in [0.05, 0.1) is 16.3 Å². The molecule has 0 unspecified atom stereocenters. The third-order valence-corrected chi connectivity index (χ3v) is 6.47. The molecule has 1 saturated heterocycles. The minimum absolute atomic E-state index is 0.0327. The number of benzene rings is 1. The SMILES string of the molecule is CC(=O)c1ccc(NC(=O)c2ccc(N3CCCN(C(=O)OC(C)(C)C)CC3)nn2)c(C(=O)Nc2ccc(Cl)cn2)c1. The number of amides is 3. The van der Waals surface area contributed by atoms with Crippen molar-refractivity contribution in [3.63, 3.8) is 0 Å². The number of pyridine rings is 1. The minimum atomic E-state index is -0.588. The van der Waals surface area contributed by atoms with Crippen molar-refractivity contribution in [1.82, 2.24) is 20.1 Å². The molecule has 1 aliphatic rings. The number of ether oxygens (including phenoxy) is 1. The molecular weight excluding hydrogens is 562 g/mol. The van der Waals surface area contributed by atoms with Crippen LogP contribution in [-0.4, -0.2) is 75.6 Å². The summed E-state index contributed by atoms with van der Waals surface area (Å²) in [5.74, 6) is -0.588. The monoisotopic (exact) mass is 593 g/mol. The van der Waals surface area contributed by atoms with Crippen LogP contribution in [0.5, 0.6) is 0 Å². The molecule has 0 spiro atoms. The summed E-state index contributed by atoms with van der Waals surface area (Å²) in [4.78, 5) is 58.3. The Hall–Kier alpha value is -4.58. The van der Waals surface area contributed by atoms with E-state index in [-0.39, 0.29) is 34.6 Å². The van der Waals surface area contributed by atoms with E-state index < -0.39 is 17.4 Å².